The molecule has 3 aromatic heterocycles. The van der Waals surface area contributed by atoms with Gasteiger partial charge >= 0.3 is 0 Å². The summed E-state index contributed by atoms with van der Waals surface area (Å²) in [5.41, 5.74) is 5.94. The molecular weight excluding hydrogens is 548 g/mol. The molecule has 0 saturated carbocycles. The fourth-order valence-corrected chi connectivity index (χ4v) is 6.88. The zero-order valence-corrected chi connectivity index (χ0v) is 26.8. The standard InChI is InChI=1S/C35H46N8O/c1-6-43(28-9-11-36-24(3)18-28)32-20-27(26-7-8-33(38-21-26)42-15-13-41(5)14-16-42)19-30-29(32)10-12-37-34(30)39-22-31-23(2)17-25(4)40-35(31)44/h7-8,10,12,17,19-21,24,28,36H,6,9,11,13-16,18,22H2,1-5H3,(H,37,39)(H,40,44). The van der Waals surface area contributed by atoms with E-state index in [4.69, 9.17) is 9.97 Å². The van der Waals surface area contributed by atoms with Crippen LogP contribution in [0.4, 0.5) is 17.3 Å². The van der Waals surface area contributed by atoms with Crippen LogP contribution >= 0.6 is 0 Å². The van der Waals surface area contributed by atoms with Gasteiger partial charge in [0.05, 0.1) is 0 Å². The minimum absolute atomic E-state index is 0.0553. The van der Waals surface area contributed by atoms with Gasteiger partial charge in [-0.15, -0.1) is 0 Å². The molecule has 1 aromatic carbocycles. The first-order valence-electron chi connectivity index (χ1n) is 16.1. The van der Waals surface area contributed by atoms with E-state index in [2.05, 4.69) is 81.5 Å². The zero-order chi connectivity index (χ0) is 30.8. The van der Waals surface area contributed by atoms with Crippen LogP contribution in [0, 0.1) is 13.8 Å². The first-order valence-corrected chi connectivity index (χ1v) is 16.1. The smallest absolute Gasteiger partial charge is 0.253 e. The van der Waals surface area contributed by atoms with E-state index in [1.165, 1.54) is 5.69 Å². The summed E-state index contributed by atoms with van der Waals surface area (Å²) in [6.07, 6.45) is 6.11. The first-order chi connectivity index (χ1) is 21.3. The summed E-state index contributed by atoms with van der Waals surface area (Å²) in [5, 5.41) is 9.35. The molecule has 232 valence electrons. The summed E-state index contributed by atoms with van der Waals surface area (Å²) in [6.45, 7) is 14.9. The SMILES string of the molecule is CCN(c1cc(-c2ccc(N3CCN(C)CC3)nc2)cc2c(NCc3c(C)cc(C)[nH]c3=O)nccc12)C1CCNC(C)C1. The number of anilines is 3. The van der Waals surface area contributed by atoms with Crippen molar-refractivity contribution in [2.75, 3.05) is 61.4 Å². The molecular formula is C35H46N8O. The number of aryl methyl sites for hydroxylation is 2. The van der Waals surface area contributed by atoms with Crippen LogP contribution in [0.2, 0.25) is 0 Å². The number of nitrogens with zero attached hydrogens (tertiary/aromatic N) is 5. The van der Waals surface area contributed by atoms with E-state index in [0.29, 0.717) is 18.6 Å². The van der Waals surface area contributed by atoms with E-state index in [0.717, 1.165) is 102 Å². The van der Waals surface area contributed by atoms with Gasteiger partial charge in [-0.3, -0.25) is 4.79 Å². The second kappa shape index (κ2) is 13.0. The largest absolute Gasteiger partial charge is 0.368 e. The minimum Gasteiger partial charge on any atom is -0.368 e. The van der Waals surface area contributed by atoms with E-state index >= 15 is 0 Å². The number of aromatic amines is 1. The van der Waals surface area contributed by atoms with E-state index in [1.54, 1.807) is 0 Å². The molecule has 3 N–H and O–H groups in total. The minimum atomic E-state index is -0.0553. The van der Waals surface area contributed by atoms with Crippen LogP contribution < -0.4 is 26.0 Å². The molecule has 0 amide bonds. The third-order valence-electron chi connectivity index (χ3n) is 9.38. The van der Waals surface area contributed by atoms with Gasteiger partial charge in [0.15, 0.2) is 0 Å². The van der Waals surface area contributed by atoms with Crippen LogP contribution in [0.25, 0.3) is 21.9 Å². The highest BCUT2D eigenvalue weighted by Gasteiger charge is 2.26. The number of benzene rings is 1. The lowest BCUT2D eigenvalue weighted by Crippen LogP contribution is -2.47. The Kier molecular flexibility index (Phi) is 8.86. The van der Waals surface area contributed by atoms with Gasteiger partial charge in [-0.25, -0.2) is 9.97 Å². The number of pyridine rings is 3. The van der Waals surface area contributed by atoms with Crippen molar-refractivity contribution in [2.45, 2.75) is 59.2 Å². The number of rotatable bonds is 8. The van der Waals surface area contributed by atoms with Crippen molar-refractivity contribution in [1.29, 1.82) is 0 Å². The number of H-pyrrole nitrogens is 1. The average Bonchev–Trinajstić information content (AvgIpc) is 3.01. The van der Waals surface area contributed by atoms with Gasteiger partial charge in [-0.1, -0.05) is 0 Å². The second-order valence-electron chi connectivity index (χ2n) is 12.6. The Morgan fingerprint density at radius 2 is 1.84 bits per heavy atom. The lowest BCUT2D eigenvalue weighted by Gasteiger charge is -2.39. The van der Waals surface area contributed by atoms with Crippen LogP contribution in [0.1, 0.15) is 43.5 Å². The summed E-state index contributed by atoms with van der Waals surface area (Å²) >= 11 is 0. The number of hydrogen-bond acceptors (Lipinski definition) is 8. The molecule has 0 spiro atoms. The Morgan fingerprint density at radius 3 is 2.55 bits per heavy atom. The van der Waals surface area contributed by atoms with E-state index in [9.17, 15) is 4.79 Å². The predicted molar refractivity (Wildman–Crippen MR) is 182 cm³/mol. The molecule has 44 heavy (non-hydrogen) atoms. The number of piperazine rings is 1. The normalized spacial score (nSPS) is 19.3. The first kappa shape index (κ1) is 30.1. The Balaban J connectivity index is 1.41. The number of hydrogen-bond donors (Lipinski definition) is 3. The highest BCUT2D eigenvalue weighted by Crippen LogP contribution is 2.38. The highest BCUT2D eigenvalue weighted by atomic mass is 16.1. The number of aromatic nitrogens is 3. The van der Waals surface area contributed by atoms with Gasteiger partial charge in [0.25, 0.3) is 5.56 Å². The molecule has 2 unspecified atom stereocenters. The molecule has 9 nitrogen and oxygen atoms in total. The molecule has 2 fully saturated rings. The molecule has 0 radical (unpaired) electrons. The highest BCUT2D eigenvalue weighted by molar-refractivity contribution is 6.03. The Labute approximate surface area is 260 Å². The van der Waals surface area contributed by atoms with Crippen LogP contribution in [-0.4, -0.2) is 78.3 Å². The monoisotopic (exact) mass is 594 g/mol. The van der Waals surface area contributed by atoms with Crippen LogP contribution in [0.15, 0.2) is 53.6 Å². The quantitative estimate of drug-likeness (QED) is 0.265. The molecule has 6 rings (SSSR count). The number of fused-ring (bicyclic) bond motifs is 1. The molecule has 0 bridgehead atoms. The van der Waals surface area contributed by atoms with Crippen molar-refractivity contribution in [3.05, 3.63) is 76.0 Å². The third-order valence-corrected chi connectivity index (χ3v) is 9.38. The maximum Gasteiger partial charge on any atom is 0.253 e. The third kappa shape index (κ3) is 6.30. The number of nitrogens with one attached hydrogen (secondary N) is 3. The molecule has 9 heteroatoms. The summed E-state index contributed by atoms with van der Waals surface area (Å²) in [6, 6.07) is 14.0. The molecule has 4 aromatic rings. The van der Waals surface area contributed by atoms with E-state index in [-0.39, 0.29) is 5.56 Å². The average molecular weight is 595 g/mol. The van der Waals surface area contributed by atoms with Gasteiger partial charge in [0.2, 0.25) is 0 Å². The van der Waals surface area contributed by atoms with Crippen molar-refractivity contribution in [3.63, 3.8) is 0 Å². The summed E-state index contributed by atoms with van der Waals surface area (Å²) in [7, 11) is 2.17. The summed E-state index contributed by atoms with van der Waals surface area (Å²) in [4.78, 5) is 32.7. The van der Waals surface area contributed by atoms with Crippen molar-refractivity contribution >= 4 is 28.1 Å². The van der Waals surface area contributed by atoms with Gasteiger partial charge in [-0.05, 0) is 102 Å². The molecule has 2 atom stereocenters. The van der Waals surface area contributed by atoms with Crippen LogP contribution in [-0.2, 0) is 6.54 Å². The van der Waals surface area contributed by atoms with Crippen molar-refractivity contribution in [3.8, 4) is 11.1 Å². The van der Waals surface area contributed by atoms with E-state index in [1.807, 2.05) is 32.3 Å². The maximum atomic E-state index is 12.8. The summed E-state index contributed by atoms with van der Waals surface area (Å²) < 4.78 is 0. The van der Waals surface area contributed by atoms with Crippen molar-refractivity contribution in [1.82, 2.24) is 25.2 Å². The zero-order valence-electron chi connectivity index (χ0n) is 26.8. The molecule has 5 heterocycles. The fourth-order valence-electron chi connectivity index (χ4n) is 6.88. The number of likely N-dealkylation sites (N-methyl/N-ethyl adjacent to an activating group) is 1. The second-order valence-corrected chi connectivity index (χ2v) is 12.6. The van der Waals surface area contributed by atoms with Crippen molar-refractivity contribution < 1.29 is 0 Å². The van der Waals surface area contributed by atoms with Crippen LogP contribution in [0.5, 0.6) is 0 Å². The Morgan fingerprint density at radius 1 is 1.02 bits per heavy atom. The lowest BCUT2D eigenvalue weighted by molar-refractivity contribution is 0.312. The predicted octanol–water partition coefficient (Wildman–Crippen LogP) is 4.93. The molecule has 2 saturated heterocycles. The number of piperidine rings is 1. The fraction of sp³-hybridized carbons (Fsp3) is 0.457. The van der Waals surface area contributed by atoms with Gasteiger partial charge in [0.1, 0.15) is 11.6 Å². The summed E-state index contributed by atoms with van der Waals surface area (Å²) in [5.74, 6) is 1.81. The molecule has 2 aliphatic rings. The lowest BCUT2D eigenvalue weighted by atomic mass is 9.95. The topological polar surface area (TPSA) is 92.4 Å². The molecule has 2 aliphatic heterocycles. The van der Waals surface area contributed by atoms with Gasteiger partial charge in [0, 0.05) is 97.0 Å². The van der Waals surface area contributed by atoms with Crippen LogP contribution in [0.3, 0.4) is 0 Å². The van der Waals surface area contributed by atoms with Crippen molar-refractivity contribution in [2.24, 2.45) is 0 Å². The Hall–Kier alpha value is -3.95. The Bertz CT molecular complexity index is 1660. The van der Waals surface area contributed by atoms with E-state index < -0.39 is 0 Å². The maximum absolute atomic E-state index is 12.8. The van der Waals surface area contributed by atoms with Gasteiger partial charge in [-0.2, -0.15) is 0 Å². The molecule has 0 aliphatic carbocycles. The van der Waals surface area contributed by atoms with Gasteiger partial charge < -0.3 is 30.3 Å².